The molecule has 2 aliphatic rings. The average Bonchev–Trinajstić information content (AvgIpc) is 2.30. The molecule has 0 spiro atoms. The molecule has 3 heterocycles. The van der Waals surface area contributed by atoms with Crippen molar-refractivity contribution in [3.05, 3.63) is 23.4 Å². The summed E-state index contributed by atoms with van der Waals surface area (Å²) in [7, 11) is 2.28. The van der Waals surface area contributed by atoms with Gasteiger partial charge in [-0.15, -0.1) is 0 Å². The Balaban J connectivity index is 1.68. The minimum Gasteiger partial charge on any atom is -0.367 e. The van der Waals surface area contributed by atoms with Crippen molar-refractivity contribution in [1.82, 2.24) is 9.88 Å². The zero-order valence-corrected chi connectivity index (χ0v) is 11.5. The average molecular weight is 266 g/mol. The topological polar surface area (TPSA) is 28.2 Å². The molecular formula is C14H20ClN3. The molecule has 2 atom stereocenters. The fourth-order valence-corrected chi connectivity index (χ4v) is 3.60. The van der Waals surface area contributed by atoms with Gasteiger partial charge in [0.05, 0.1) is 0 Å². The molecule has 1 aromatic rings. The van der Waals surface area contributed by atoms with Crippen LogP contribution in [0.4, 0.5) is 5.82 Å². The Hall–Kier alpha value is -0.800. The summed E-state index contributed by atoms with van der Waals surface area (Å²) in [6, 6.07) is 7.80. The predicted octanol–water partition coefficient (Wildman–Crippen LogP) is 3.16. The second-order valence-corrected chi connectivity index (χ2v) is 5.95. The number of nitrogens with zero attached hydrogens (tertiary/aromatic N) is 2. The van der Waals surface area contributed by atoms with Gasteiger partial charge >= 0.3 is 0 Å². The Bertz CT molecular complexity index is 409. The lowest BCUT2D eigenvalue weighted by Crippen LogP contribution is -2.52. The number of aromatic nitrogens is 1. The van der Waals surface area contributed by atoms with Crippen LogP contribution >= 0.6 is 11.6 Å². The van der Waals surface area contributed by atoms with E-state index >= 15 is 0 Å². The molecule has 0 aromatic carbocycles. The van der Waals surface area contributed by atoms with E-state index < -0.39 is 0 Å². The highest BCUT2D eigenvalue weighted by atomic mass is 35.5. The van der Waals surface area contributed by atoms with Gasteiger partial charge in [0.1, 0.15) is 11.0 Å². The third-order valence-electron chi connectivity index (χ3n) is 4.41. The lowest BCUT2D eigenvalue weighted by molar-refractivity contribution is 0.0608. The van der Waals surface area contributed by atoms with Gasteiger partial charge in [0.25, 0.3) is 0 Å². The molecule has 0 saturated carbocycles. The molecule has 0 aliphatic carbocycles. The summed E-state index contributed by atoms with van der Waals surface area (Å²) < 4.78 is 0. The number of halogens is 1. The SMILES string of the molecule is CN1C2CCCC1CC(Nc1cccc(Cl)n1)C2. The van der Waals surface area contributed by atoms with Gasteiger partial charge in [-0.05, 0) is 44.9 Å². The quantitative estimate of drug-likeness (QED) is 0.833. The molecular weight excluding hydrogens is 246 g/mol. The zero-order valence-electron chi connectivity index (χ0n) is 10.8. The first-order valence-electron chi connectivity index (χ1n) is 6.83. The molecule has 4 heteroatoms. The highest BCUT2D eigenvalue weighted by molar-refractivity contribution is 6.29. The summed E-state index contributed by atoms with van der Waals surface area (Å²) >= 11 is 5.92. The van der Waals surface area contributed by atoms with Crippen LogP contribution in [-0.2, 0) is 0 Å². The summed E-state index contributed by atoms with van der Waals surface area (Å²) in [5, 5.41) is 4.11. The van der Waals surface area contributed by atoms with E-state index in [-0.39, 0.29) is 0 Å². The van der Waals surface area contributed by atoms with Gasteiger partial charge < -0.3 is 10.2 Å². The third-order valence-corrected chi connectivity index (χ3v) is 4.62. The monoisotopic (exact) mass is 265 g/mol. The maximum absolute atomic E-state index is 5.92. The van der Waals surface area contributed by atoms with Crippen LogP contribution in [0.15, 0.2) is 18.2 Å². The molecule has 0 radical (unpaired) electrons. The Morgan fingerprint density at radius 1 is 1.28 bits per heavy atom. The molecule has 1 aromatic heterocycles. The van der Waals surface area contributed by atoms with Crippen molar-refractivity contribution < 1.29 is 0 Å². The number of anilines is 1. The molecule has 0 amide bonds. The third kappa shape index (κ3) is 2.47. The highest BCUT2D eigenvalue weighted by Crippen LogP contribution is 2.33. The second-order valence-electron chi connectivity index (χ2n) is 5.56. The van der Waals surface area contributed by atoms with Crippen LogP contribution in [0.2, 0.25) is 5.15 Å². The van der Waals surface area contributed by atoms with Crippen molar-refractivity contribution in [1.29, 1.82) is 0 Å². The smallest absolute Gasteiger partial charge is 0.131 e. The second kappa shape index (κ2) is 5.06. The van der Waals surface area contributed by atoms with Gasteiger partial charge in [-0.1, -0.05) is 24.1 Å². The van der Waals surface area contributed by atoms with E-state index in [4.69, 9.17) is 11.6 Å². The molecule has 18 heavy (non-hydrogen) atoms. The van der Waals surface area contributed by atoms with Crippen LogP contribution in [-0.4, -0.2) is 35.1 Å². The van der Waals surface area contributed by atoms with Crippen LogP contribution in [0.25, 0.3) is 0 Å². The minimum atomic E-state index is 0.544. The minimum absolute atomic E-state index is 0.544. The number of nitrogens with one attached hydrogen (secondary N) is 1. The van der Waals surface area contributed by atoms with E-state index in [1.165, 1.54) is 32.1 Å². The maximum Gasteiger partial charge on any atom is 0.131 e. The molecule has 2 unspecified atom stereocenters. The van der Waals surface area contributed by atoms with Gasteiger partial charge in [-0.2, -0.15) is 0 Å². The fourth-order valence-electron chi connectivity index (χ4n) is 3.43. The molecule has 3 nitrogen and oxygen atoms in total. The highest BCUT2D eigenvalue weighted by Gasteiger charge is 2.35. The van der Waals surface area contributed by atoms with E-state index in [0.29, 0.717) is 11.2 Å². The summed E-state index contributed by atoms with van der Waals surface area (Å²) in [4.78, 5) is 6.90. The van der Waals surface area contributed by atoms with Crippen LogP contribution in [0.5, 0.6) is 0 Å². The lowest BCUT2D eigenvalue weighted by Gasteiger charge is -2.47. The van der Waals surface area contributed by atoms with Crippen LogP contribution < -0.4 is 5.32 Å². The Labute approximate surface area is 114 Å². The van der Waals surface area contributed by atoms with Gasteiger partial charge in [0, 0.05) is 18.1 Å². The van der Waals surface area contributed by atoms with Crippen molar-refractivity contribution in [2.75, 3.05) is 12.4 Å². The maximum atomic E-state index is 5.92. The first kappa shape index (κ1) is 12.2. The zero-order chi connectivity index (χ0) is 12.5. The van der Waals surface area contributed by atoms with Gasteiger partial charge in [-0.3, -0.25) is 0 Å². The number of hydrogen-bond donors (Lipinski definition) is 1. The Morgan fingerprint density at radius 3 is 2.67 bits per heavy atom. The first-order chi connectivity index (χ1) is 8.72. The van der Waals surface area contributed by atoms with E-state index in [9.17, 15) is 0 Å². The molecule has 2 bridgehead atoms. The van der Waals surface area contributed by atoms with Crippen LogP contribution in [0.1, 0.15) is 32.1 Å². The van der Waals surface area contributed by atoms with Gasteiger partial charge in [0.2, 0.25) is 0 Å². The van der Waals surface area contributed by atoms with Crippen molar-refractivity contribution in [3.8, 4) is 0 Å². The van der Waals surface area contributed by atoms with Gasteiger partial charge in [0.15, 0.2) is 0 Å². The molecule has 98 valence electrons. The van der Waals surface area contributed by atoms with E-state index in [1.54, 1.807) is 0 Å². The number of pyridine rings is 1. The van der Waals surface area contributed by atoms with E-state index in [2.05, 4.69) is 22.2 Å². The molecule has 2 aliphatic heterocycles. The largest absolute Gasteiger partial charge is 0.367 e. The van der Waals surface area contributed by atoms with Crippen molar-refractivity contribution in [3.63, 3.8) is 0 Å². The van der Waals surface area contributed by atoms with Crippen LogP contribution in [0, 0.1) is 0 Å². The fraction of sp³-hybridized carbons (Fsp3) is 0.643. The molecule has 2 fully saturated rings. The predicted molar refractivity (Wildman–Crippen MR) is 75.1 cm³/mol. The molecule has 3 rings (SSSR count). The van der Waals surface area contributed by atoms with Gasteiger partial charge in [-0.25, -0.2) is 4.98 Å². The first-order valence-corrected chi connectivity index (χ1v) is 7.21. The molecule has 1 N–H and O–H groups in total. The summed E-state index contributed by atoms with van der Waals surface area (Å²) in [5.41, 5.74) is 0. The standard InChI is InChI=1S/C14H20ClN3/c1-18-11-4-2-5-12(18)9-10(8-11)16-14-7-3-6-13(15)17-14/h3,6-7,10-12H,2,4-5,8-9H2,1H3,(H,16,17). The van der Waals surface area contributed by atoms with Crippen LogP contribution in [0.3, 0.4) is 0 Å². The normalized spacial score (nSPS) is 32.2. The number of rotatable bonds is 2. The molecule has 2 saturated heterocycles. The Morgan fingerprint density at radius 2 is 2.00 bits per heavy atom. The van der Waals surface area contributed by atoms with Crippen molar-refractivity contribution in [2.45, 2.75) is 50.2 Å². The van der Waals surface area contributed by atoms with E-state index in [1.807, 2.05) is 18.2 Å². The summed E-state index contributed by atoms with van der Waals surface area (Å²) in [6.07, 6.45) is 6.52. The van der Waals surface area contributed by atoms with Crippen molar-refractivity contribution in [2.24, 2.45) is 0 Å². The summed E-state index contributed by atoms with van der Waals surface area (Å²) in [6.45, 7) is 0. The number of fused-ring (bicyclic) bond motifs is 2. The number of hydrogen-bond acceptors (Lipinski definition) is 3. The number of piperidine rings is 2. The Kier molecular flexibility index (Phi) is 3.44. The van der Waals surface area contributed by atoms with Crippen molar-refractivity contribution >= 4 is 17.4 Å². The van der Waals surface area contributed by atoms with E-state index in [0.717, 1.165) is 17.9 Å². The lowest BCUT2D eigenvalue weighted by atomic mass is 9.82. The summed E-state index contributed by atoms with van der Waals surface area (Å²) in [5.74, 6) is 0.912.